The first-order chi connectivity index (χ1) is 12.3. The number of nitrogens with one attached hydrogen (secondary N) is 1. The van der Waals surface area contributed by atoms with Crippen LogP contribution in [0.5, 0.6) is 0 Å². The van der Waals surface area contributed by atoms with E-state index >= 15 is 0 Å². The summed E-state index contributed by atoms with van der Waals surface area (Å²) in [7, 11) is 0. The van der Waals surface area contributed by atoms with Gasteiger partial charge in [-0.1, -0.05) is 17.7 Å². The molecular weight excluding hydrogens is 334 g/mol. The maximum atomic E-state index is 12.7. The lowest BCUT2D eigenvalue weighted by Gasteiger charge is -2.12. The van der Waals surface area contributed by atoms with E-state index in [4.69, 9.17) is 9.47 Å². The first-order valence-corrected chi connectivity index (χ1v) is 8.44. The minimum atomic E-state index is -0.990. The van der Waals surface area contributed by atoms with Crippen LogP contribution in [0.2, 0.25) is 0 Å². The second-order valence-electron chi connectivity index (χ2n) is 6.12. The lowest BCUT2D eigenvalue weighted by molar-refractivity contribution is 0.0316. The molecular formula is C20H23NO5. The van der Waals surface area contributed by atoms with Gasteiger partial charge in [0.05, 0.1) is 23.4 Å². The minimum absolute atomic E-state index is 0.245. The molecule has 1 aromatic heterocycles. The van der Waals surface area contributed by atoms with Crippen LogP contribution in [0, 0.1) is 20.8 Å². The molecule has 0 saturated heterocycles. The lowest BCUT2D eigenvalue weighted by atomic mass is 10.1. The first-order valence-electron chi connectivity index (χ1n) is 8.44. The Hall–Kier alpha value is -2.89. The molecule has 0 fully saturated rings. The van der Waals surface area contributed by atoms with Crippen LogP contribution in [-0.2, 0) is 9.47 Å². The third-order valence-corrected chi connectivity index (χ3v) is 4.10. The molecule has 2 aromatic rings. The summed E-state index contributed by atoms with van der Waals surface area (Å²) >= 11 is 0. The Morgan fingerprint density at radius 3 is 2.23 bits per heavy atom. The van der Waals surface area contributed by atoms with Crippen LogP contribution in [-0.4, -0.2) is 35.4 Å². The van der Waals surface area contributed by atoms with E-state index in [0.29, 0.717) is 22.4 Å². The van der Waals surface area contributed by atoms with Crippen molar-refractivity contribution in [1.29, 1.82) is 0 Å². The standard InChI is InChI=1S/C20H23NO5/c1-6-25-20(24)16-12(3)17(21-13(16)4)18(22)14(5)26-19(23)15-9-7-11(2)8-10-15/h7-10,14,21H,6H2,1-5H3. The van der Waals surface area contributed by atoms with E-state index in [9.17, 15) is 14.4 Å². The molecule has 0 aliphatic rings. The number of H-pyrrole nitrogens is 1. The van der Waals surface area contributed by atoms with E-state index in [1.54, 1.807) is 45.0 Å². The van der Waals surface area contributed by atoms with Gasteiger partial charge in [-0.2, -0.15) is 0 Å². The van der Waals surface area contributed by atoms with Gasteiger partial charge in [0, 0.05) is 5.69 Å². The van der Waals surface area contributed by atoms with Crippen molar-refractivity contribution in [3.63, 3.8) is 0 Å². The number of esters is 2. The number of aromatic amines is 1. The molecule has 1 N–H and O–H groups in total. The van der Waals surface area contributed by atoms with Crippen molar-refractivity contribution in [2.75, 3.05) is 6.61 Å². The van der Waals surface area contributed by atoms with Gasteiger partial charge in [0.25, 0.3) is 0 Å². The number of Topliss-reactive ketones (excluding diaryl/α,β-unsaturated/α-hetero) is 1. The topological polar surface area (TPSA) is 85.5 Å². The van der Waals surface area contributed by atoms with E-state index in [1.165, 1.54) is 6.92 Å². The molecule has 0 bridgehead atoms. The van der Waals surface area contributed by atoms with Gasteiger partial charge >= 0.3 is 11.9 Å². The Morgan fingerprint density at radius 1 is 1.04 bits per heavy atom. The Morgan fingerprint density at radius 2 is 1.65 bits per heavy atom. The number of carbonyl (C=O) groups excluding carboxylic acids is 3. The Kier molecular flexibility index (Phi) is 5.97. The number of ether oxygens (including phenoxy) is 2. The van der Waals surface area contributed by atoms with Crippen LogP contribution in [0.15, 0.2) is 24.3 Å². The number of hydrogen-bond donors (Lipinski definition) is 1. The molecule has 2 rings (SSSR count). The summed E-state index contributed by atoms with van der Waals surface area (Å²) in [6.07, 6.45) is -0.990. The van der Waals surface area contributed by atoms with Crippen LogP contribution in [0.4, 0.5) is 0 Å². The fourth-order valence-corrected chi connectivity index (χ4v) is 2.68. The number of aryl methyl sites for hydroxylation is 2. The van der Waals surface area contributed by atoms with Crippen LogP contribution in [0.1, 0.15) is 61.9 Å². The Balaban J connectivity index is 2.18. The van der Waals surface area contributed by atoms with Gasteiger partial charge in [-0.3, -0.25) is 4.79 Å². The zero-order valence-electron chi connectivity index (χ0n) is 15.6. The number of aromatic nitrogens is 1. The SMILES string of the molecule is CCOC(=O)c1c(C)[nH]c(C(=O)C(C)OC(=O)c2ccc(C)cc2)c1C. The normalized spacial score (nSPS) is 11.7. The molecule has 0 aliphatic carbocycles. The molecule has 0 amide bonds. The number of ketones is 1. The van der Waals surface area contributed by atoms with Gasteiger partial charge in [-0.25, -0.2) is 9.59 Å². The van der Waals surface area contributed by atoms with E-state index in [2.05, 4.69) is 4.98 Å². The van der Waals surface area contributed by atoms with E-state index in [1.807, 2.05) is 6.92 Å². The maximum Gasteiger partial charge on any atom is 0.340 e. The molecule has 1 unspecified atom stereocenters. The van der Waals surface area contributed by atoms with Crippen molar-refractivity contribution >= 4 is 17.7 Å². The monoisotopic (exact) mass is 357 g/mol. The molecule has 1 heterocycles. The van der Waals surface area contributed by atoms with Gasteiger partial charge in [-0.05, 0) is 52.3 Å². The molecule has 0 aliphatic heterocycles. The maximum absolute atomic E-state index is 12.7. The van der Waals surface area contributed by atoms with Crippen molar-refractivity contribution in [2.45, 2.75) is 40.7 Å². The Labute approximate surface area is 152 Å². The van der Waals surface area contributed by atoms with Crippen molar-refractivity contribution in [3.05, 3.63) is 57.9 Å². The first kappa shape index (κ1) is 19.4. The zero-order valence-corrected chi connectivity index (χ0v) is 15.6. The quantitative estimate of drug-likeness (QED) is 0.631. The minimum Gasteiger partial charge on any atom is -0.462 e. The summed E-state index contributed by atoms with van der Waals surface area (Å²) < 4.78 is 10.3. The molecule has 138 valence electrons. The van der Waals surface area contributed by atoms with Crippen molar-refractivity contribution in [2.24, 2.45) is 0 Å². The molecule has 26 heavy (non-hydrogen) atoms. The van der Waals surface area contributed by atoms with Crippen molar-refractivity contribution < 1.29 is 23.9 Å². The zero-order chi connectivity index (χ0) is 19.4. The highest BCUT2D eigenvalue weighted by atomic mass is 16.5. The summed E-state index contributed by atoms with van der Waals surface area (Å²) in [5, 5.41) is 0. The average molecular weight is 357 g/mol. The largest absolute Gasteiger partial charge is 0.462 e. The highest BCUT2D eigenvalue weighted by molar-refractivity contribution is 6.04. The van der Waals surface area contributed by atoms with E-state index in [0.717, 1.165) is 5.56 Å². The van der Waals surface area contributed by atoms with E-state index in [-0.39, 0.29) is 12.3 Å². The van der Waals surface area contributed by atoms with Crippen LogP contribution in [0.25, 0.3) is 0 Å². The molecule has 0 saturated carbocycles. The van der Waals surface area contributed by atoms with Gasteiger partial charge in [-0.15, -0.1) is 0 Å². The summed E-state index contributed by atoms with van der Waals surface area (Å²) in [5.74, 6) is -1.46. The fraction of sp³-hybridized carbons (Fsp3) is 0.350. The van der Waals surface area contributed by atoms with Gasteiger partial charge in [0.1, 0.15) is 0 Å². The number of benzene rings is 1. The highest BCUT2D eigenvalue weighted by Gasteiger charge is 2.27. The van der Waals surface area contributed by atoms with Crippen molar-refractivity contribution in [1.82, 2.24) is 4.98 Å². The summed E-state index contributed by atoms with van der Waals surface area (Å²) in [6.45, 7) is 8.74. The predicted octanol–water partition coefficient (Wildman–Crippen LogP) is 3.54. The second-order valence-corrected chi connectivity index (χ2v) is 6.12. The summed E-state index contributed by atoms with van der Waals surface area (Å²) in [5.41, 5.74) is 3.02. The molecule has 0 radical (unpaired) electrons. The number of rotatable bonds is 6. The Bertz CT molecular complexity index is 833. The molecule has 1 aromatic carbocycles. The van der Waals surface area contributed by atoms with Crippen molar-refractivity contribution in [3.8, 4) is 0 Å². The highest BCUT2D eigenvalue weighted by Crippen LogP contribution is 2.21. The van der Waals surface area contributed by atoms with Crippen LogP contribution < -0.4 is 0 Å². The molecule has 6 heteroatoms. The smallest absolute Gasteiger partial charge is 0.340 e. The van der Waals surface area contributed by atoms with Gasteiger partial charge in [0.2, 0.25) is 5.78 Å². The van der Waals surface area contributed by atoms with Crippen LogP contribution in [0.3, 0.4) is 0 Å². The third kappa shape index (κ3) is 4.02. The number of carbonyl (C=O) groups is 3. The second kappa shape index (κ2) is 7.99. The molecule has 1 atom stereocenters. The van der Waals surface area contributed by atoms with Gasteiger partial charge in [0.15, 0.2) is 6.10 Å². The summed E-state index contributed by atoms with van der Waals surface area (Å²) in [4.78, 5) is 39.8. The predicted molar refractivity (Wildman–Crippen MR) is 96.6 cm³/mol. The third-order valence-electron chi connectivity index (χ3n) is 4.10. The molecule has 0 spiro atoms. The average Bonchev–Trinajstić information content (AvgIpc) is 2.89. The number of hydrogen-bond acceptors (Lipinski definition) is 5. The van der Waals surface area contributed by atoms with E-state index < -0.39 is 23.8 Å². The van der Waals surface area contributed by atoms with Crippen LogP contribution >= 0.6 is 0 Å². The lowest BCUT2D eigenvalue weighted by Crippen LogP contribution is -2.25. The van der Waals surface area contributed by atoms with Gasteiger partial charge < -0.3 is 14.5 Å². The molecule has 6 nitrogen and oxygen atoms in total. The fourth-order valence-electron chi connectivity index (χ4n) is 2.68. The summed E-state index contributed by atoms with van der Waals surface area (Å²) in [6, 6.07) is 6.90.